The molecule has 0 aliphatic carbocycles. The molecule has 0 fully saturated rings. The van der Waals surface area contributed by atoms with Crippen LogP contribution in [0.2, 0.25) is 0 Å². The maximum Gasteiger partial charge on any atom is 0.161 e. The number of aromatic nitrogens is 3. The van der Waals surface area contributed by atoms with Crippen molar-refractivity contribution in [3.05, 3.63) is 36.2 Å². The summed E-state index contributed by atoms with van der Waals surface area (Å²) in [6.45, 7) is 3.78. The first-order valence-electron chi connectivity index (χ1n) is 7.07. The highest BCUT2D eigenvalue weighted by atomic mass is 16.5. The summed E-state index contributed by atoms with van der Waals surface area (Å²) >= 11 is 0. The van der Waals surface area contributed by atoms with E-state index in [1.807, 2.05) is 23.0 Å². The molecule has 1 unspecified atom stereocenters. The largest absolute Gasteiger partial charge is 0.493 e. The highest BCUT2D eigenvalue weighted by Crippen LogP contribution is 2.30. The predicted octanol–water partition coefficient (Wildman–Crippen LogP) is 2.04. The van der Waals surface area contributed by atoms with E-state index in [4.69, 9.17) is 9.47 Å². The summed E-state index contributed by atoms with van der Waals surface area (Å²) in [5.74, 6) is 1.50. The molecule has 2 rings (SSSR count). The first-order valence-corrected chi connectivity index (χ1v) is 7.07. The Balaban J connectivity index is 1.99. The molecule has 0 saturated carbocycles. The summed E-state index contributed by atoms with van der Waals surface area (Å²) in [6.07, 6.45) is 4.54. The Kier molecular flexibility index (Phi) is 5.57. The van der Waals surface area contributed by atoms with E-state index in [0.29, 0.717) is 0 Å². The zero-order chi connectivity index (χ0) is 15.1. The maximum absolute atomic E-state index is 5.36. The lowest BCUT2D eigenvalue weighted by Crippen LogP contribution is -2.25. The first-order chi connectivity index (χ1) is 10.3. The minimum atomic E-state index is 0.272. The molecule has 0 bridgehead atoms. The Morgan fingerprint density at radius 2 is 2.05 bits per heavy atom. The van der Waals surface area contributed by atoms with Crippen LogP contribution >= 0.6 is 0 Å². The molecule has 0 spiro atoms. The third kappa shape index (κ3) is 3.95. The number of hydrogen-bond donors (Lipinski definition) is 1. The van der Waals surface area contributed by atoms with Crippen LogP contribution in [0, 0.1) is 0 Å². The van der Waals surface area contributed by atoms with Gasteiger partial charge in [-0.25, -0.2) is 0 Å². The molecule has 0 radical (unpaired) electrons. The molecule has 1 N–H and O–H groups in total. The van der Waals surface area contributed by atoms with Crippen molar-refractivity contribution in [2.75, 3.05) is 20.8 Å². The van der Waals surface area contributed by atoms with Crippen molar-refractivity contribution in [2.24, 2.45) is 0 Å². The molecular weight excluding hydrogens is 268 g/mol. The van der Waals surface area contributed by atoms with Gasteiger partial charge in [0.1, 0.15) is 0 Å². The number of nitrogens with zero attached hydrogens (tertiary/aromatic N) is 3. The molecule has 114 valence electrons. The Morgan fingerprint density at radius 3 is 2.67 bits per heavy atom. The van der Waals surface area contributed by atoms with E-state index in [0.717, 1.165) is 31.0 Å². The number of methoxy groups -OCH3 is 2. The maximum atomic E-state index is 5.36. The lowest BCUT2D eigenvalue weighted by molar-refractivity contribution is 0.353. The molecule has 1 atom stereocenters. The summed E-state index contributed by atoms with van der Waals surface area (Å²) in [5, 5.41) is 11.3. The summed E-state index contributed by atoms with van der Waals surface area (Å²) in [4.78, 5) is 0. The quantitative estimate of drug-likeness (QED) is 0.806. The number of benzene rings is 1. The fourth-order valence-electron chi connectivity index (χ4n) is 2.27. The van der Waals surface area contributed by atoms with Gasteiger partial charge in [-0.2, -0.15) is 0 Å². The van der Waals surface area contributed by atoms with Gasteiger partial charge in [0.2, 0.25) is 0 Å². The number of rotatable bonds is 8. The van der Waals surface area contributed by atoms with Gasteiger partial charge in [0.25, 0.3) is 0 Å². The number of ether oxygens (including phenoxy) is 2. The van der Waals surface area contributed by atoms with Gasteiger partial charge in [-0.3, -0.25) is 4.68 Å². The Morgan fingerprint density at radius 1 is 1.24 bits per heavy atom. The van der Waals surface area contributed by atoms with E-state index in [1.165, 1.54) is 5.56 Å². The third-order valence-electron chi connectivity index (χ3n) is 3.42. The Labute approximate surface area is 125 Å². The molecule has 2 aromatic rings. The Bertz CT molecular complexity index is 543. The van der Waals surface area contributed by atoms with Gasteiger partial charge < -0.3 is 14.8 Å². The molecule has 6 heteroatoms. The zero-order valence-corrected chi connectivity index (χ0v) is 12.7. The first kappa shape index (κ1) is 15.3. The Hall–Kier alpha value is -2.08. The van der Waals surface area contributed by atoms with Crippen LogP contribution in [-0.4, -0.2) is 35.8 Å². The van der Waals surface area contributed by atoms with Crippen molar-refractivity contribution < 1.29 is 9.47 Å². The average molecular weight is 290 g/mol. The zero-order valence-electron chi connectivity index (χ0n) is 12.7. The lowest BCUT2D eigenvalue weighted by Gasteiger charge is -2.19. The second-order valence-corrected chi connectivity index (χ2v) is 4.70. The minimum Gasteiger partial charge on any atom is -0.493 e. The standard InChI is InChI=1S/C15H22N4O2/c1-4-13(16-7-9-19-10-8-17-18-19)12-5-6-14(20-2)15(11-12)21-3/h5-6,8,10-11,13,16H,4,7,9H2,1-3H3. The molecule has 0 amide bonds. The van der Waals surface area contributed by atoms with Gasteiger partial charge in [0, 0.05) is 18.8 Å². The van der Waals surface area contributed by atoms with Crippen LogP contribution in [0.15, 0.2) is 30.6 Å². The summed E-state index contributed by atoms with van der Waals surface area (Å²) in [6, 6.07) is 6.30. The van der Waals surface area contributed by atoms with E-state index in [9.17, 15) is 0 Å². The predicted molar refractivity (Wildman–Crippen MR) is 80.6 cm³/mol. The van der Waals surface area contributed by atoms with Crippen molar-refractivity contribution in [2.45, 2.75) is 25.9 Å². The number of hydrogen-bond acceptors (Lipinski definition) is 5. The van der Waals surface area contributed by atoms with E-state index >= 15 is 0 Å². The van der Waals surface area contributed by atoms with Crippen molar-refractivity contribution in [1.29, 1.82) is 0 Å². The van der Waals surface area contributed by atoms with E-state index in [1.54, 1.807) is 20.4 Å². The second kappa shape index (κ2) is 7.64. The number of nitrogens with one attached hydrogen (secondary N) is 1. The fraction of sp³-hybridized carbons (Fsp3) is 0.467. The molecule has 1 heterocycles. The lowest BCUT2D eigenvalue weighted by atomic mass is 10.0. The van der Waals surface area contributed by atoms with Crippen LogP contribution < -0.4 is 14.8 Å². The van der Waals surface area contributed by atoms with Crippen molar-refractivity contribution in [3.8, 4) is 11.5 Å². The highest BCUT2D eigenvalue weighted by Gasteiger charge is 2.12. The molecule has 6 nitrogen and oxygen atoms in total. The molecular formula is C15H22N4O2. The van der Waals surface area contributed by atoms with Gasteiger partial charge in [-0.15, -0.1) is 5.10 Å². The van der Waals surface area contributed by atoms with Crippen LogP contribution in [0.5, 0.6) is 11.5 Å². The molecule has 0 saturated heterocycles. The SMILES string of the molecule is CCC(NCCn1ccnn1)c1ccc(OC)c(OC)c1. The van der Waals surface area contributed by atoms with Crippen LogP contribution in [0.3, 0.4) is 0 Å². The van der Waals surface area contributed by atoms with Crippen LogP contribution in [-0.2, 0) is 6.54 Å². The molecule has 1 aromatic carbocycles. The highest BCUT2D eigenvalue weighted by molar-refractivity contribution is 5.43. The summed E-state index contributed by atoms with van der Waals surface area (Å²) in [5.41, 5.74) is 1.19. The van der Waals surface area contributed by atoms with Crippen LogP contribution in [0.25, 0.3) is 0 Å². The smallest absolute Gasteiger partial charge is 0.161 e. The monoisotopic (exact) mass is 290 g/mol. The van der Waals surface area contributed by atoms with E-state index in [-0.39, 0.29) is 6.04 Å². The van der Waals surface area contributed by atoms with Gasteiger partial charge in [-0.05, 0) is 24.1 Å². The van der Waals surface area contributed by atoms with Gasteiger partial charge in [0.15, 0.2) is 11.5 Å². The van der Waals surface area contributed by atoms with Crippen LogP contribution in [0.4, 0.5) is 0 Å². The normalized spacial score (nSPS) is 12.1. The molecule has 1 aromatic heterocycles. The molecule has 0 aliphatic rings. The van der Waals surface area contributed by atoms with Gasteiger partial charge >= 0.3 is 0 Å². The van der Waals surface area contributed by atoms with Crippen molar-refractivity contribution in [3.63, 3.8) is 0 Å². The van der Waals surface area contributed by atoms with Gasteiger partial charge in [-0.1, -0.05) is 18.2 Å². The summed E-state index contributed by atoms with van der Waals surface area (Å²) < 4.78 is 12.4. The fourth-order valence-corrected chi connectivity index (χ4v) is 2.27. The van der Waals surface area contributed by atoms with Crippen molar-refractivity contribution >= 4 is 0 Å². The molecule has 21 heavy (non-hydrogen) atoms. The van der Waals surface area contributed by atoms with E-state index in [2.05, 4.69) is 28.6 Å². The minimum absolute atomic E-state index is 0.272. The summed E-state index contributed by atoms with van der Waals surface area (Å²) in [7, 11) is 3.30. The van der Waals surface area contributed by atoms with Crippen LogP contribution in [0.1, 0.15) is 24.9 Å². The van der Waals surface area contributed by atoms with Gasteiger partial charge in [0.05, 0.1) is 27.0 Å². The topological polar surface area (TPSA) is 61.2 Å². The second-order valence-electron chi connectivity index (χ2n) is 4.70. The van der Waals surface area contributed by atoms with E-state index < -0.39 is 0 Å². The molecule has 0 aliphatic heterocycles. The van der Waals surface area contributed by atoms with Crippen molar-refractivity contribution in [1.82, 2.24) is 20.3 Å². The average Bonchev–Trinajstić information content (AvgIpc) is 3.04. The third-order valence-corrected chi connectivity index (χ3v) is 3.42.